The minimum absolute atomic E-state index is 0.683. The van der Waals surface area contributed by atoms with Crippen molar-refractivity contribution in [3.63, 3.8) is 0 Å². The van der Waals surface area contributed by atoms with Gasteiger partial charge >= 0.3 is 0 Å². The second kappa shape index (κ2) is 3.85. The zero-order chi connectivity index (χ0) is 11.8. The van der Waals surface area contributed by atoms with E-state index in [1.54, 1.807) is 24.4 Å². The van der Waals surface area contributed by atoms with Gasteiger partial charge in [0.2, 0.25) is 0 Å². The third kappa shape index (κ3) is 1.68. The van der Waals surface area contributed by atoms with Crippen molar-refractivity contribution in [2.24, 2.45) is 7.05 Å². The number of aromatic amines is 1. The number of rotatable bonds is 2. The molecule has 3 heterocycles. The second-order valence-electron chi connectivity index (χ2n) is 3.63. The number of H-pyrrole nitrogens is 1. The summed E-state index contributed by atoms with van der Waals surface area (Å²) in [7, 11) is 1.97. The highest BCUT2D eigenvalue weighted by molar-refractivity contribution is 7.99. The highest BCUT2D eigenvalue weighted by atomic mass is 32.2. The Hall–Kier alpha value is -1.89. The van der Waals surface area contributed by atoms with E-state index in [0.717, 1.165) is 21.3 Å². The second-order valence-corrected chi connectivity index (χ2v) is 4.61. The maximum absolute atomic E-state index is 4.28. The lowest BCUT2D eigenvalue weighted by atomic mass is 10.5. The monoisotopic (exact) mass is 246 g/mol. The van der Waals surface area contributed by atoms with Gasteiger partial charge in [0, 0.05) is 7.05 Å². The minimum atomic E-state index is 0.683. The number of aromatic nitrogens is 6. The summed E-state index contributed by atoms with van der Waals surface area (Å²) in [5, 5.41) is 1.93. The van der Waals surface area contributed by atoms with Crippen LogP contribution in [0.5, 0.6) is 0 Å². The molecule has 0 aliphatic rings. The molecule has 0 aliphatic heterocycles. The van der Waals surface area contributed by atoms with E-state index in [-0.39, 0.29) is 0 Å². The van der Waals surface area contributed by atoms with Gasteiger partial charge in [-0.05, 0) is 18.7 Å². The Bertz CT molecular complexity index is 651. The smallest absolute Gasteiger partial charge is 0.181 e. The predicted octanol–water partition coefficient (Wildman–Crippen LogP) is 1.55. The molecule has 0 aliphatic carbocycles. The summed E-state index contributed by atoms with van der Waals surface area (Å²) in [5.74, 6) is 0. The number of fused-ring (bicyclic) bond motifs is 1. The minimum Gasteiger partial charge on any atom is -0.341 e. The summed E-state index contributed by atoms with van der Waals surface area (Å²) in [4.78, 5) is 19.8. The summed E-state index contributed by atoms with van der Waals surface area (Å²) >= 11 is 1.56. The topological polar surface area (TPSA) is 72.3 Å². The maximum atomic E-state index is 4.28. The van der Waals surface area contributed by atoms with Gasteiger partial charge in [-0.15, -0.1) is 0 Å². The summed E-state index contributed by atoms with van der Waals surface area (Å²) < 4.78 is 1.98. The molecule has 0 spiro atoms. The molecule has 7 heteroatoms. The first-order valence-corrected chi connectivity index (χ1v) is 5.87. The van der Waals surface area contributed by atoms with E-state index in [1.807, 2.05) is 18.5 Å². The van der Waals surface area contributed by atoms with Gasteiger partial charge in [-0.3, -0.25) is 0 Å². The largest absolute Gasteiger partial charge is 0.341 e. The lowest BCUT2D eigenvalue weighted by molar-refractivity contribution is 0.817. The normalized spacial score (nSPS) is 11.2. The van der Waals surface area contributed by atoms with Crippen molar-refractivity contribution < 1.29 is 0 Å². The van der Waals surface area contributed by atoms with Crippen LogP contribution in [0.4, 0.5) is 0 Å². The Morgan fingerprint density at radius 1 is 1.24 bits per heavy atom. The standard InChI is InChI=1S/C10H10N6S/c1-6-10(16(2)5-15-6)17-9-7-8(12-3-11-7)13-4-14-9/h3-5H,1-2H3,(H,11,12,13,14). The number of nitrogens with zero attached hydrogens (tertiary/aromatic N) is 5. The Balaban J connectivity index is 2.08. The van der Waals surface area contributed by atoms with E-state index >= 15 is 0 Å². The summed E-state index contributed by atoms with van der Waals surface area (Å²) in [5.41, 5.74) is 2.53. The molecule has 0 bridgehead atoms. The molecule has 0 fully saturated rings. The molecule has 0 unspecified atom stereocenters. The van der Waals surface area contributed by atoms with Gasteiger partial charge in [-0.2, -0.15) is 0 Å². The predicted molar refractivity (Wildman–Crippen MR) is 63.8 cm³/mol. The number of nitrogens with one attached hydrogen (secondary N) is 1. The van der Waals surface area contributed by atoms with Crippen molar-refractivity contribution in [3.05, 3.63) is 24.7 Å². The van der Waals surface area contributed by atoms with Crippen LogP contribution >= 0.6 is 11.8 Å². The Morgan fingerprint density at radius 3 is 2.88 bits per heavy atom. The van der Waals surface area contributed by atoms with Gasteiger partial charge < -0.3 is 9.55 Å². The zero-order valence-electron chi connectivity index (χ0n) is 9.38. The molecule has 0 saturated heterocycles. The van der Waals surface area contributed by atoms with E-state index in [9.17, 15) is 0 Å². The van der Waals surface area contributed by atoms with Crippen molar-refractivity contribution in [2.45, 2.75) is 17.0 Å². The molecule has 6 nitrogen and oxygen atoms in total. The first kappa shape index (κ1) is 10.3. The number of aryl methyl sites for hydroxylation is 2. The van der Waals surface area contributed by atoms with Gasteiger partial charge in [-0.1, -0.05) is 0 Å². The molecule has 0 radical (unpaired) electrons. The van der Waals surface area contributed by atoms with E-state index in [2.05, 4.69) is 24.9 Å². The van der Waals surface area contributed by atoms with E-state index < -0.39 is 0 Å². The SMILES string of the molecule is Cc1ncn(C)c1Sc1ncnc2nc[nH]c12. The fourth-order valence-electron chi connectivity index (χ4n) is 1.59. The maximum Gasteiger partial charge on any atom is 0.181 e. The van der Waals surface area contributed by atoms with Gasteiger partial charge in [0.05, 0.1) is 18.3 Å². The van der Waals surface area contributed by atoms with Crippen LogP contribution in [0.25, 0.3) is 11.2 Å². The first-order valence-electron chi connectivity index (χ1n) is 5.05. The molecule has 0 saturated carbocycles. The zero-order valence-corrected chi connectivity index (χ0v) is 10.2. The van der Waals surface area contributed by atoms with Gasteiger partial charge in [0.15, 0.2) is 5.65 Å². The number of hydrogen-bond acceptors (Lipinski definition) is 5. The number of imidazole rings is 2. The molecule has 1 N–H and O–H groups in total. The molecule has 17 heavy (non-hydrogen) atoms. The molecule has 3 rings (SSSR count). The quantitative estimate of drug-likeness (QED) is 0.694. The fraction of sp³-hybridized carbons (Fsp3) is 0.200. The lowest BCUT2D eigenvalue weighted by Gasteiger charge is -2.03. The molecule has 0 amide bonds. The molecular weight excluding hydrogens is 236 g/mol. The Morgan fingerprint density at radius 2 is 2.12 bits per heavy atom. The van der Waals surface area contributed by atoms with Gasteiger partial charge in [0.25, 0.3) is 0 Å². The molecule has 86 valence electrons. The average Bonchev–Trinajstić information content (AvgIpc) is 2.91. The van der Waals surface area contributed by atoms with Crippen molar-refractivity contribution >= 4 is 22.9 Å². The third-order valence-electron chi connectivity index (χ3n) is 2.44. The highest BCUT2D eigenvalue weighted by Crippen LogP contribution is 2.30. The van der Waals surface area contributed by atoms with Gasteiger partial charge in [0.1, 0.15) is 21.9 Å². The molecule has 3 aromatic heterocycles. The number of hydrogen-bond donors (Lipinski definition) is 1. The third-order valence-corrected chi connectivity index (χ3v) is 3.72. The van der Waals surface area contributed by atoms with Crippen LogP contribution in [0, 0.1) is 6.92 Å². The van der Waals surface area contributed by atoms with Crippen LogP contribution in [-0.2, 0) is 7.05 Å². The van der Waals surface area contributed by atoms with Crippen LogP contribution in [0.3, 0.4) is 0 Å². The average molecular weight is 246 g/mol. The fourth-order valence-corrected chi connectivity index (χ4v) is 2.52. The summed E-state index contributed by atoms with van der Waals surface area (Å²) in [6, 6.07) is 0. The van der Waals surface area contributed by atoms with Crippen molar-refractivity contribution in [1.29, 1.82) is 0 Å². The summed E-state index contributed by atoms with van der Waals surface area (Å²) in [6.45, 7) is 1.98. The molecule has 3 aromatic rings. The van der Waals surface area contributed by atoms with E-state index in [0.29, 0.717) is 5.65 Å². The molecular formula is C10H10N6S. The molecule has 0 aromatic carbocycles. The van der Waals surface area contributed by atoms with Gasteiger partial charge in [-0.25, -0.2) is 19.9 Å². The van der Waals surface area contributed by atoms with Crippen LogP contribution < -0.4 is 0 Å². The van der Waals surface area contributed by atoms with Crippen LogP contribution in [0.2, 0.25) is 0 Å². The van der Waals surface area contributed by atoms with Crippen molar-refractivity contribution in [3.8, 4) is 0 Å². The van der Waals surface area contributed by atoms with Crippen LogP contribution in [-0.4, -0.2) is 29.5 Å². The Labute approximate surface area is 102 Å². The van der Waals surface area contributed by atoms with Crippen LogP contribution in [0.15, 0.2) is 29.0 Å². The highest BCUT2D eigenvalue weighted by Gasteiger charge is 2.12. The van der Waals surface area contributed by atoms with Crippen LogP contribution in [0.1, 0.15) is 5.69 Å². The van der Waals surface area contributed by atoms with E-state index in [1.165, 1.54) is 6.33 Å². The summed E-state index contributed by atoms with van der Waals surface area (Å²) in [6.07, 6.45) is 4.94. The van der Waals surface area contributed by atoms with Crippen molar-refractivity contribution in [1.82, 2.24) is 29.5 Å². The lowest BCUT2D eigenvalue weighted by Crippen LogP contribution is -1.91. The Kier molecular flexibility index (Phi) is 2.32. The first-order chi connectivity index (χ1) is 8.25. The molecule has 0 atom stereocenters. The van der Waals surface area contributed by atoms with E-state index in [4.69, 9.17) is 0 Å². The van der Waals surface area contributed by atoms with Crippen molar-refractivity contribution in [2.75, 3.05) is 0 Å².